The highest BCUT2D eigenvalue weighted by molar-refractivity contribution is 7.80. The third-order valence-electron chi connectivity index (χ3n) is 4.42. The van der Waals surface area contributed by atoms with E-state index in [1.165, 1.54) is 4.90 Å². The summed E-state index contributed by atoms with van der Waals surface area (Å²) in [6, 6.07) is 14.6. The summed E-state index contributed by atoms with van der Waals surface area (Å²) in [5, 5.41) is 3.90. The molecule has 0 saturated carbocycles. The molecule has 4 rings (SSSR count). The number of amides is 2. The first-order valence-electron chi connectivity index (χ1n) is 8.17. The largest absolute Gasteiger partial charge is 0.350 e. The Bertz CT molecular complexity index is 1150. The third-order valence-corrected chi connectivity index (χ3v) is 5.03. The molecule has 0 spiro atoms. The van der Waals surface area contributed by atoms with Gasteiger partial charge in [0, 0.05) is 29.7 Å². The third kappa shape index (κ3) is 2.93. The number of anilines is 1. The lowest BCUT2D eigenvalue weighted by Gasteiger charge is -2.29. The van der Waals surface area contributed by atoms with Crippen LogP contribution in [0.15, 0.2) is 60.3 Å². The Morgan fingerprint density at radius 1 is 1.07 bits per heavy atom. The summed E-state index contributed by atoms with van der Waals surface area (Å²) in [7, 11) is 1.91. The highest BCUT2D eigenvalue weighted by atomic mass is 35.5. The first-order valence-corrected chi connectivity index (χ1v) is 8.96. The van der Waals surface area contributed by atoms with Crippen LogP contribution in [0.4, 0.5) is 5.69 Å². The maximum atomic E-state index is 13.1. The number of carbonyl (C=O) groups excluding carboxylic acids is 2. The smallest absolute Gasteiger partial charge is 0.270 e. The van der Waals surface area contributed by atoms with Gasteiger partial charge in [-0.1, -0.05) is 41.9 Å². The van der Waals surface area contributed by atoms with Gasteiger partial charge < -0.3 is 4.57 Å². The van der Waals surface area contributed by atoms with Crippen LogP contribution >= 0.6 is 23.8 Å². The molecule has 0 unspecified atom stereocenters. The van der Waals surface area contributed by atoms with Crippen LogP contribution in [0.3, 0.4) is 0 Å². The zero-order valence-electron chi connectivity index (χ0n) is 14.3. The molecule has 2 amide bonds. The fourth-order valence-electron chi connectivity index (χ4n) is 3.15. The van der Waals surface area contributed by atoms with Crippen LogP contribution in [-0.2, 0) is 16.6 Å². The molecule has 2 aromatic carbocycles. The maximum Gasteiger partial charge on any atom is 0.270 e. The number of aromatic nitrogens is 1. The average Bonchev–Trinajstić information content (AvgIpc) is 2.96. The number of hydrogen-bond donors (Lipinski definition) is 1. The minimum absolute atomic E-state index is 0.000118. The molecular formula is C20H14ClN3O2S. The number of rotatable bonds is 2. The number of benzene rings is 2. The van der Waals surface area contributed by atoms with Crippen LogP contribution in [0.2, 0.25) is 5.02 Å². The van der Waals surface area contributed by atoms with Crippen molar-refractivity contribution in [1.29, 1.82) is 0 Å². The number of para-hydroxylation sites is 2. The number of nitrogens with zero attached hydrogens (tertiary/aromatic N) is 2. The lowest BCUT2D eigenvalue weighted by atomic mass is 10.1. The Labute approximate surface area is 165 Å². The van der Waals surface area contributed by atoms with E-state index < -0.39 is 11.8 Å². The van der Waals surface area contributed by atoms with Gasteiger partial charge in [-0.2, -0.15) is 0 Å². The van der Waals surface area contributed by atoms with Crippen molar-refractivity contribution in [3.8, 4) is 0 Å². The van der Waals surface area contributed by atoms with Gasteiger partial charge in [0.05, 0.1) is 10.7 Å². The fraction of sp³-hybridized carbons (Fsp3) is 0.0500. The van der Waals surface area contributed by atoms with Gasteiger partial charge in [0.1, 0.15) is 5.57 Å². The van der Waals surface area contributed by atoms with Crippen molar-refractivity contribution in [2.24, 2.45) is 7.05 Å². The zero-order valence-corrected chi connectivity index (χ0v) is 15.8. The molecule has 0 aliphatic carbocycles. The Kier molecular flexibility index (Phi) is 4.30. The topological polar surface area (TPSA) is 54.3 Å². The number of fused-ring (bicyclic) bond motifs is 1. The summed E-state index contributed by atoms with van der Waals surface area (Å²) >= 11 is 11.4. The molecule has 1 N–H and O–H groups in total. The van der Waals surface area contributed by atoms with Crippen molar-refractivity contribution in [2.45, 2.75) is 0 Å². The van der Waals surface area contributed by atoms with E-state index in [4.69, 9.17) is 23.8 Å². The highest BCUT2D eigenvalue weighted by Gasteiger charge is 2.35. The van der Waals surface area contributed by atoms with E-state index in [1.807, 2.05) is 42.1 Å². The normalized spacial score (nSPS) is 16.3. The summed E-state index contributed by atoms with van der Waals surface area (Å²) < 4.78 is 1.95. The summed E-state index contributed by atoms with van der Waals surface area (Å²) in [5.41, 5.74) is 2.21. The second-order valence-electron chi connectivity index (χ2n) is 6.12. The number of nitrogens with one attached hydrogen (secondary N) is 1. The van der Waals surface area contributed by atoms with Gasteiger partial charge in [0.25, 0.3) is 11.8 Å². The summed E-state index contributed by atoms with van der Waals surface area (Å²) in [6.07, 6.45) is 3.47. The molecule has 1 saturated heterocycles. The van der Waals surface area contributed by atoms with Crippen molar-refractivity contribution < 1.29 is 9.59 Å². The molecule has 0 bridgehead atoms. The Hall–Kier alpha value is -2.96. The van der Waals surface area contributed by atoms with Gasteiger partial charge in [0.2, 0.25) is 0 Å². The number of aryl methyl sites for hydroxylation is 1. The van der Waals surface area contributed by atoms with E-state index in [9.17, 15) is 9.59 Å². The van der Waals surface area contributed by atoms with E-state index in [1.54, 1.807) is 30.3 Å². The van der Waals surface area contributed by atoms with E-state index in [2.05, 4.69) is 5.32 Å². The van der Waals surface area contributed by atoms with Gasteiger partial charge in [-0.25, -0.2) is 0 Å². The van der Waals surface area contributed by atoms with Gasteiger partial charge in [0.15, 0.2) is 5.11 Å². The van der Waals surface area contributed by atoms with Crippen molar-refractivity contribution in [1.82, 2.24) is 9.88 Å². The molecule has 1 aliphatic rings. The molecule has 1 aromatic heterocycles. The van der Waals surface area contributed by atoms with Crippen molar-refractivity contribution in [3.05, 3.63) is 70.9 Å². The molecule has 0 atom stereocenters. The molecule has 5 nitrogen and oxygen atoms in total. The number of carbonyl (C=O) groups is 2. The zero-order chi connectivity index (χ0) is 19.1. The standard InChI is InChI=1S/C20H14ClN3O2S/c1-23-11-12(13-6-2-4-8-16(13)23)10-14-18(25)22-20(27)24(19(14)26)17-9-5-3-7-15(17)21/h2-11H,1H3,(H,22,25,27). The SMILES string of the molecule is Cn1cc(C=C2C(=O)NC(=S)N(c3ccccc3Cl)C2=O)c2ccccc21. The first-order chi connectivity index (χ1) is 13.0. The molecule has 1 fully saturated rings. The summed E-state index contributed by atoms with van der Waals surface area (Å²) in [4.78, 5) is 26.8. The predicted octanol–water partition coefficient (Wildman–Crippen LogP) is 3.66. The number of thiocarbonyl (C=S) groups is 1. The van der Waals surface area contributed by atoms with Crippen LogP contribution < -0.4 is 10.2 Å². The number of hydrogen-bond acceptors (Lipinski definition) is 3. The first kappa shape index (κ1) is 17.5. The molecule has 0 radical (unpaired) electrons. The molecule has 27 heavy (non-hydrogen) atoms. The van der Waals surface area contributed by atoms with Crippen LogP contribution in [0.5, 0.6) is 0 Å². The van der Waals surface area contributed by atoms with Crippen molar-refractivity contribution >= 4 is 63.4 Å². The monoisotopic (exact) mass is 395 g/mol. The van der Waals surface area contributed by atoms with Crippen LogP contribution in [-0.4, -0.2) is 21.5 Å². The van der Waals surface area contributed by atoms with Gasteiger partial charge in [-0.15, -0.1) is 0 Å². The fourth-order valence-corrected chi connectivity index (χ4v) is 3.65. The minimum atomic E-state index is -0.527. The lowest BCUT2D eigenvalue weighted by molar-refractivity contribution is -0.122. The Morgan fingerprint density at radius 3 is 2.56 bits per heavy atom. The van der Waals surface area contributed by atoms with Crippen LogP contribution in [0.1, 0.15) is 5.56 Å². The molecule has 7 heteroatoms. The average molecular weight is 396 g/mol. The predicted molar refractivity (Wildman–Crippen MR) is 111 cm³/mol. The quantitative estimate of drug-likeness (QED) is 0.409. The van der Waals surface area contributed by atoms with Crippen molar-refractivity contribution in [2.75, 3.05) is 4.90 Å². The van der Waals surface area contributed by atoms with E-state index in [0.29, 0.717) is 10.7 Å². The lowest BCUT2D eigenvalue weighted by Crippen LogP contribution is -2.54. The highest BCUT2D eigenvalue weighted by Crippen LogP contribution is 2.30. The Morgan fingerprint density at radius 2 is 1.78 bits per heavy atom. The second-order valence-corrected chi connectivity index (χ2v) is 6.92. The van der Waals surface area contributed by atoms with E-state index in [0.717, 1.165) is 16.5 Å². The van der Waals surface area contributed by atoms with Crippen LogP contribution in [0.25, 0.3) is 17.0 Å². The Balaban J connectivity index is 1.83. The molecular weight excluding hydrogens is 382 g/mol. The number of halogens is 1. The van der Waals surface area contributed by atoms with Crippen molar-refractivity contribution in [3.63, 3.8) is 0 Å². The van der Waals surface area contributed by atoms with Gasteiger partial charge in [-0.3, -0.25) is 19.8 Å². The maximum absolute atomic E-state index is 13.1. The van der Waals surface area contributed by atoms with E-state index >= 15 is 0 Å². The molecule has 134 valence electrons. The van der Waals surface area contributed by atoms with Gasteiger partial charge >= 0.3 is 0 Å². The van der Waals surface area contributed by atoms with Gasteiger partial charge in [-0.05, 0) is 36.5 Å². The molecule has 1 aliphatic heterocycles. The summed E-state index contributed by atoms with van der Waals surface area (Å²) in [6.45, 7) is 0. The second kappa shape index (κ2) is 6.64. The van der Waals surface area contributed by atoms with Crippen LogP contribution in [0, 0.1) is 0 Å². The summed E-state index contributed by atoms with van der Waals surface area (Å²) in [5.74, 6) is -1.04. The molecule has 2 heterocycles. The molecule has 3 aromatic rings. The minimum Gasteiger partial charge on any atom is -0.350 e. The van der Waals surface area contributed by atoms with E-state index in [-0.39, 0.29) is 10.7 Å².